The summed E-state index contributed by atoms with van der Waals surface area (Å²) in [6.45, 7) is 3.93. The second-order valence-corrected chi connectivity index (χ2v) is 10.1. The second-order valence-electron chi connectivity index (χ2n) is 10.1. The van der Waals surface area contributed by atoms with Gasteiger partial charge in [-0.05, 0) is 56.3 Å². The molecule has 0 saturated heterocycles. The number of nitrogens with zero attached hydrogens (tertiary/aromatic N) is 7. The van der Waals surface area contributed by atoms with Gasteiger partial charge in [0.25, 0.3) is 0 Å². The molecule has 0 aliphatic carbocycles. The highest BCUT2D eigenvalue weighted by Gasteiger charge is 2.38. The number of hydrogen-bond acceptors (Lipinski definition) is 9. The van der Waals surface area contributed by atoms with Gasteiger partial charge < -0.3 is 15.5 Å². The van der Waals surface area contributed by atoms with Crippen LogP contribution in [0.25, 0.3) is 39.1 Å². The Morgan fingerprint density at radius 1 is 0.700 bits per heavy atom. The van der Waals surface area contributed by atoms with E-state index in [1.165, 1.54) is 0 Å². The standard InChI is InChI=1S/C28H22N8.2C2HF3O2/c1-18-6-8-20(14-29-18)25-5-3-4-21-15-31-28(34-26(21)25)33-23-10-12-24(13-11-23)36-17-32-27(35-36)22-9-7-19(2)30-16-22;2*3-2(4,5)1(6)7/h3-17H,1-2H3,(H,31,33,34);2*(H,6,7). The first-order valence-electron chi connectivity index (χ1n) is 14.0. The minimum atomic E-state index is -5.08. The summed E-state index contributed by atoms with van der Waals surface area (Å²) in [7, 11) is 0. The number of fused-ring (bicyclic) bond motifs is 1. The number of carboxylic acid groups (broad SMARTS) is 2. The molecule has 0 spiro atoms. The molecule has 18 heteroatoms. The molecular formula is C32H24F6N8O4. The smallest absolute Gasteiger partial charge is 0.475 e. The molecule has 6 aromatic rings. The number of para-hydroxylation sites is 1. The Labute approximate surface area is 278 Å². The maximum Gasteiger partial charge on any atom is 0.490 e. The number of benzene rings is 2. The average molecular weight is 699 g/mol. The summed E-state index contributed by atoms with van der Waals surface area (Å²) in [6, 6.07) is 21.9. The highest BCUT2D eigenvalue weighted by molar-refractivity contribution is 5.93. The molecule has 4 heterocycles. The lowest BCUT2D eigenvalue weighted by Crippen LogP contribution is -2.21. The van der Waals surface area contributed by atoms with Crippen LogP contribution in [0.2, 0.25) is 0 Å². The number of carboxylic acids is 2. The van der Waals surface area contributed by atoms with E-state index >= 15 is 0 Å². The summed E-state index contributed by atoms with van der Waals surface area (Å²) in [5.41, 5.74) is 7.50. The van der Waals surface area contributed by atoms with Crippen molar-refractivity contribution in [2.45, 2.75) is 26.2 Å². The molecular weight excluding hydrogens is 674 g/mol. The zero-order valence-corrected chi connectivity index (χ0v) is 25.8. The zero-order valence-electron chi connectivity index (χ0n) is 25.8. The Morgan fingerprint density at radius 3 is 1.78 bits per heavy atom. The lowest BCUT2D eigenvalue weighted by atomic mass is 10.0. The number of aryl methyl sites for hydroxylation is 2. The number of nitrogens with one attached hydrogen (secondary N) is 1. The summed E-state index contributed by atoms with van der Waals surface area (Å²) in [6.07, 6.45) is -2.97. The minimum absolute atomic E-state index is 0.526. The third-order valence-corrected chi connectivity index (χ3v) is 6.37. The average Bonchev–Trinajstić information content (AvgIpc) is 3.56. The van der Waals surface area contributed by atoms with Crippen LogP contribution in [0.4, 0.5) is 38.0 Å². The van der Waals surface area contributed by atoms with Gasteiger partial charge >= 0.3 is 24.3 Å². The van der Waals surface area contributed by atoms with Crippen molar-refractivity contribution in [1.29, 1.82) is 0 Å². The lowest BCUT2D eigenvalue weighted by molar-refractivity contribution is -0.193. The number of carbonyl (C=O) groups is 2. The van der Waals surface area contributed by atoms with Gasteiger partial charge in [-0.25, -0.2) is 29.2 Å². The molecule has 12 nitrogen and oxygen atoms in total. The van der Waals surface area contributed by atoms with Crippen LogP contribution < -0.4 is 5.32 Å². The van der Waals surface area contributed by atoms with E-state index in [0.29, 0.717) is 11.8 Å². The predicted octanol–water partition coefficient (Wildman–Crippen LogP) is 6.96. The van der Waals surface area contributed by atoms with E-state index in [9.17, 15) is 26.3 Å². The molecule has 50 heavy (non-hydrogen) atoms. The number of anilines is 2. The van der Waals surface area contributed by atoms with Crippen LogP contribution in [0, 0.1) is 13.8 Å². The molecule has 3 N–H and O–H groups in total. The lowest BCUT2D eigenvalue weighted by Gasteiger charge is -2.10. The number of hydrogen-bond donors (Lipinski definition) is 3. The molecule has 0 bridgehead atoms. The predicted molar refractivity (Wildman–Crippen MR) is 167 cm³/mol. The topological polar surface area (TPSA) is 169 Å². The third-order valence-electron chi connectivity index (χ3n) is 6.37. The zero-order chi connectivity index (χ0) is 36.6. The van der Waals surface area contributed by atoms with E-state index in [4.69, 9.17) is 24.8 Å². The van der Waals surface area contributed by atoms with Crippen molar-refractivity contribution in [3.8, 4) is 28.2 Å². The van der Waals surface area contributed by atoms with Crippen LogP contribution in [0.15, 0.2) is 91.6 Å². The fraction of sp³-hybridized carbons (Fsp3) is 0.125. The molecule has 2 aromatic carbocycles. The van der Waals surface area contributed by atoms with Gasteiger partial charge in [0.1, 0.15) is 6.33 Å². The first kappa shape index (κ1) is 36.4. The van der Waals surface area contributed by atoms with E-state index < -0.39 is 24.3 Å². The maximum atomic E-state index is 10.6. The highest BCUT2D eigenvalue weighted by Crippen LogP contribution is 2.28. The second kappa shape index (κ2) is 15.2. The fourth-order valence-electron chi connectivity index (χ4n) is 3.92. The number of aliphatic carboxylic acids is 2. The molecule has 0 atom stereocenters. The van der Waals surface area contributed by atoms with Crippen molar-refractivity contribution >= 4 is 34.5 Å². The summed E-state index contributed by atoms with van der Waals surface area (Å²) in [4.78, 5) is 40.3. The monoisotopic (exact) mass is 698 g/mol. The SMILES string of the molecule is Cc1ccc(-c2ncn(-c3ccc(Nc4ncc5cccc(-c6ccc(C)nc6)c5n4)cc3)n2)cn1.O=C(O)C(F)(F)F.O=C(O)C(F)(F)F. The molecule has 258 valence electrons. The molecule has 4 aromatic heterocycles. The number of alkyl halides is 6. The van der Waals surface area contributed by atoms with Crippen molar-refractivity contribution in [2.24, 2.45) is 0 Å². The molecule has 0 saturated carbocycles. The van der Waals surface area contributed by atoms with E-state index in [-0.39, 0.29) is 0 Å². The van der Waals surface area contributed by atoms with E-state index in [1.54, 1.807) is 17.2 Å². The van der Waals surface area contributed by atoms with Crippen LogP contribution in [0.1, 0.15) is 11.4 Å². The van der Waals surface area contributed by atoms with Gasteiger partial charge in [-0.15, -0.1) is 5.10 Å². The summed E-state index contributed by atoms with van der Waals surface area (Å²) in [5, 5.41) is 23.1. The van der Waals surface area contributed by atoms with Crippen molar-refractivity contribution < 1.29 is 46.1 Å². The van der Waals surface area contributed by atoms with Gasteiger partial charge in [0.2, 0.25) is 5.95 Å². The van der Waals surface area contributed by atoms with Crippen molar-refractivity contribution in [3.63, 3.8) is 0 Å². The maximum absolute atomic E-state index is 10.6. The molecule has 0 unspecified atom stereocenters. The molecule has 0 radical (unpaired) electrons. The number of aromatic nitrogens is 7. The summed E-state index contributed by atoms with van der Waals surface area (Å²) >= 11 is 0. The Bertz CT molecular complexity index is 2060. The molecule has 0 aliphatic rings. The molecule has 6 rings (SSSR count). The van der Waals surface area contributed by atoms with Gasteiger partial charge in [-0.3, -0.25) is 9.97 Å². The van der Waals surface area contributed by atoms with E-state index in [0.717, 1.165) is 50.4 Å². The van der Waals surface area contributed by atoms with Crippen LogP contribution in [0.5, 0.6) is 0 Å². The van der Waals surface area contributed by atoms with Gasteiger partial charge in [-0.1, -0.05) is 24.3 Å². The molecule has 0 aliphatic heterocycles. The Balaban J connectivity index is 0.000000340. The third kappa shape index (κ3) is 9.78. The minimum Gasteiger partial charge on any atom is -0.475 e. The van der Waals surface area contributed by atoms with Crippen molar-refractivity contribution in [3.05, 3.63) is 103 Å². The van der Waals surface area contributed by atoms with Crippen LogP contribution in [-0.2, 0) is 9.59 Å². The van der Waals surface area contributed by atoms with Crippen molar-refractivity contribution in [1.82, 2.24) is 34.7 Å². The Hall–Kier alpha value is -6.46. The van der Waals surface area contributed by atoms with Crippen molar-refractivity contribution in [2.75, 3.05) is 5.32 Å². The van der Waals surface area contributed by atoms with Gasteiger partial charge in [0, 0.05) is 57.7 Å². The van der Waals surface area contributed by atoms with E-state index in [1.807, 2.05) is 80.8 Å². The fourth-order valence-corrected chi connectivity index (χ4v) is 3.92. The Kier molecular flexibility index (Phi) is 11.0. The largest absolute Gasteiger partial charge is 0.490 e. The first-order valence-corrected chi connectivity index (χ1v) is 14.0. The van der Waals surface area contributed by atoms with Crippen LogP contribution in [-0.4, -0.2) is 69.2 Å². The highest BCUT2D eigenvalue weighted by atomic mass is 19.4. The number of halogens is 6. The van der Waals surface area contributed by atoms with Gasteiger partial charge in [0.05, 0.1) is 11.2 Å². The molecule has 0 amide bonds. The molecule has 0 fully saturated rings. The van der Waals surface area contributed by atoms with Gasteiger partial charge in [-0.2, -0.15) is 26.3 Å². The van der Waals surface area contributed by atoms with Crippen LogP contribution >= 0.6 is 0 Å². The Morgan fingerprint density at radius 2 is 1.26 bits per heavy atom. The number of rotatable bonds is 5. The van der Waals surface area contributed by atoms with Crippen LogP contribution in [0.3, 0.4) is 0 Å². The summed E-state index contributed by atoms with van der Waals surface area (Å²) in [5.74, 6) is -4.36. The van der Waals surface area contributed by atoms with Gasteiger partial charge in [0.15, 0.2) is 5.82 Å². The quantitative estimate of drug-likeness (QED) is 0.159. The van der Waals surface area contributed by atoms with E-state index in [2.05, 4.69) is 42.5 Å². The number of pyridine rings is 2. The summed E-state index contributed by atoms with van der Waals surface area (Å²) < 4.78 is 65.2. The normalized spacial score (nSPS) is 11.1. The first-order chi connectivity index (χ1) is 23.5.